The molecule has 0 aromatic heterocycles. The van der Waals surface area contributed by atoms with Gasteiger partial charge in [0.1, 0.15) is 0 Å². The van der Waals surface area contributed by atoms with E-state index in [1.54, 1.807) is 0 Å². The summed E-state index contributed by atoms with van der Waals surface area (Å²) >= 11 is 3.88. The molecule has 0 amide bonds. The van der Waals surface area contributed by atoms with Gasteiger partial charge in [0.25, 0.3) is 0 Å². The zero-order valence-corrected chi connectivity index (χ0v) is 14.7. The SMILES string of the molecule is CCCCCCCCC(Br)Cc1cccc2ccccc12. The van der Waals surface area contributed by atoms with Crippen LogP contribution in [0.3, 0.4) is 0 Å². The van der Waals surface area contributed by atoms with Crippen LogP contribution in [0.1, 0.15) is 57.4 Å². The minimum Gasteiger partial charge on any atom is -0.0887 e. The Bertz CT molecular complexity index is 527. The normalized spacial score (nSPS) is 12.7. The summed E-state index contributed by atoms with van der Waals surface area (Å²) in [5, 5.41) is 2.77. The summed E-state index contributed by atoms with van der Waals surface area (Å²) in [4.78, 5) is 0.606. The zero-order chi connectivity index (χ0) is 14.9. The van der Waals surface area contributed by atoms with Gasteiger partial charge in [-0.15, -0.1) is 0 Å². The lowest BCUT2D eigenvalue weighted by Crippen LogP contribution is -2.03. The predicted molar refractivity (Wildman–Crippen MR) is 98.4 cm³/mol. The highest BCUT2D eigenvalue weighted by molar-refractivity contribution is 9.09. The Kier molecular flexibility index (Phi) is 7.29. The molecule has 0 aliphatic heterocycles. The summed E-state index contributed by atoms with van der Waals surface area (Å²) in [7, 11) is 0. The maximum Gasteiger partial charge on any atom is 0.0186 e. The van der Waals surface area contributed by atoms with Gasteiger partial charge in [-0.1, -0.05) is 104 Å². The lowest BCUT2D eigenvalue weighted by Gasteiger charge is -2.12. The Balaban J connectivity index is 1.80. The second kappa shape index (κ2) is 9.25. The van der Waals surface area contributed by atoms with Gasteiger partial charge >= 0.3 is 0 Å². The molecule has 114 valence electrons. The Hall–Kier alpha value is -0.820. The van der Waals surface area contributed by atoms with Crippen molar-refractivity contribution in [3.8, 4) is 0 Å². The van der Waals surface area contributed by atoms with Crippen molar-refractivity contribution in [3.05, 3.63) is 48.0 Å². The van der Waals surface area contributed by atoms with E-state index in [2.05, 4.69) is 65.3 Å². The van der Waals surface area contributed by atoms with Crippen LogP contribution in [0.2, 0.25) is 0 Å². The molecule has 2 aromatic rings. The molecule has 0 bridgehead atoms. The third-order valence-electron chi connectivity index (χ3n) is 4.19. The summed E-state index contributed by atoms with van der Waals surface area (Å²) in [5.41, 5.74) is 1.47. The Labute approximate surface area is 138 Å². The molecule has 0 aliphatic rings. The monoisotopic (exact) mass is 346 g/mol. The molecule has 1 atom stereocenters. The van der Waals surface area contributed by atoms with E-state index in [0.29, 0.717) is 4.83 Å². The van der Waals surface area contributed by atoms with Crippen molar-refractivity contribution in [1.82, 2.24) is 0 Å². The number of benzene rings is 2. The van der Waals surface area contributed by atoms with E-state index >= 15 is 0 Å². The van der Waals surface area contributed by atoms with Gasteiger partial charge in [-0.2, -0.15) is 0 Å². The Morgan fingerprint density at radius 1 is 0.857 bits per heavy atom. The zero-order valence-electron chi connectivity index (χ0n) is 13.2. The van der Waals surface area contributed by atoms with Gasteiger partial charge in [-0.25, -0.2) is 0 Å². The van der Waals surface area contributed by atoms with Crippen LogP contribution in [-0.2, 0) is 6.42 Å². The maximum absolute atomic E-state index is 3.88. The molecule has 0 N–H and O–H groups in total. The Morgan fingerprint density at radius 2 is 1.57 bits per heavy atom. The van der Waals surface area contributed by atoms with Crippen LogP contribution in [0.4, 0.5) is 0 Å². The average molecular weight is 347 g/mol. The first-order valence-corrected chi connectivity index (χ1v) is 9.33. The topological polar surface area (TPSA) is 0 Å². The molecule has 0 nitrogen and oxygen atoms in total. The smallest absolute Gasteiger partial charge is 0.0186 e. The fourth-order valence-corrected chi connectivity index (χ4v) is 3.63. The standard InChI is InChI=1S/C20H27Br/c1-2-3-4-5-6-7-14-19(21)16-18-13-10-12-17-11-8-9-15-20(17)18/h8-13,15,19H,2-7,14,16H2,1H3. The summed E-state index contributed by atoms with van der Waals surface area (Å²) in [6.07, 6.45) is 10.7. The van der Waals surface area contributed by atoms with Crippen molar-refractivity contribution in [2.45, 2.75) is 63.1 Å². The van der Waals surface area contributed by atoms with Gasteiger partial charge in [-0.3, -0.25) is 0 Å². The summed E-state index contributed by atoms with van der Waals surface area (Å²) in [6.45, 7) is 2.28. The molecule has 0 spiro atoms. The first-order valence-electron chi connectivity index (χ1n) is 8.42. The molecule has 0 saturated carbocycles. The van der Waals surface area contributed by atoms with Gasteiger partial charge in [0.15, 0.2) is 0 Å². The van der Waals surface area contributed by atoms with Gasteiger partial charge < -0.3 is 0 Å². The summed E-state index contributed by atoms with van der Waals surface area (Å²) in [5.74, 6) is 0. The highest BCUT2D eigenvalue weighted by Gasteiger charge is 2.08. The number of fused-ring (bicyclic) bond motifs is 1. The van der Waals surface area contributed by atoms with Gasteiger partial charge in [0.05, 0.1) is 0 Å². The van der Waals surface area contributed by atoms with Crippen molar-refractivity contribution in [3.63, 3.8) is 0 Å². The largest absolute Gasteiger partial charge is 0.0887 e. The quantitative estimate of drug-likeness (QED) is 0.342. The van der Waals surface area contributed by atoms with E-state index < -0.39 is 0 Å². The highest BCUT2D eigenvalue weighted by Crippen LogP contribution is 2.23. The number of halogens is 1. The fourth-order valence-electron chi connectivity index (χ4n) is 2.96. The first-order chi connectivity index (χ1) is 10.3. The van der Waals surface area contributed by atoms with Crippen LogP contribution >= 0.6 is 15.9 Å². The van der Waals surface area contributed by atoms with Crippen molar-refractivity contribution in [2.75, 3.05) is 0 Å². The van der Waals surface area contributed by atoms with Gasteiger partial charge in [0.2, 0.25) is 0 Å². The average Bonchev–Trinajstić information content (AvgIpc) is 2.51. The first kappa shape index (κ1) is 16.5. The number of hydrogen-bond donors (Lipinski definition) is 0. The lowest BCUT2D eigenvalue weighted by atomic mass is 9.99. The number of hydrogen-bond acceptors (Lipinski definition) is 0. The third kappa shape index (κ3) is 5.47. The second-order valence-electron chi connectivity index (χ2n) is 6.00. The maximum atomic E-state index is 3.88. The van der Waals surface area contributed by atoms with E-state index in [-0.39, 0.29) is 0 Å². The van der Waals surface area contributed by atoms with Crippen LogP contribution in [0.25, 0.3) is 10.8 Å². The van der Waals surface area contributed by atoms with Crippen molar-refractivity contribution >= 4 is 26.7 Å². The van der Waals surface area contributed by atoms with E-state index in [1.807, 2.05) is 0 Å². The molecule has 0 saturated heterocycles. The minimum atomic E-state index is 0.606. The van der Waals surface area contributed by atoms with Crippen LogP contribution in [0.15, 0.2) is 42.5 Å². The van der Waals surface area contributed by atoms with Gasteiger partial charge in [0, 0.05) is 4.83 Å². The lowest BCUT2D eigenvalue weighted by molar-refractivity contribution is 0.583. The number of rotatable bonds is 9. The van der Waals surface area contributed by atoms with Crippen LogP contribution in [0.5, 0.6) is 0 Å². The van der Waals surface area contributed by atoms with Crippen LogP contribution < -0.4 is 0 Å². The summed E-state index contributed by atoms with van der Waals surface area (Å²) < 4.78 is 0. The highest BCUT2D eigenvalue weighted by atomic mass is 79.9. The van der Waals surface area contributed by atoms with E-state index in [4.69, 9.17) is 0 Å². The van der Waals surface area contributed by atoms with E-state index in [1.165, 1.54) is 61.3 Å². The molecule has 1 heteroatoms. The fraction of sp³-hybridized carbons (Fsp3) is 0.500. The summed E-state index contributed by atoms with van der Waals surface area (Å²) in [6, 6.07) is 15.4. The third-order valence-corrected chi connectivity index (χ3v) is 4.97. The van der Waals surface area contributed by atoms with Crippen LogP contribution in [0, 0.1) is 0 Å². The minimum absolute atomic E-state index is 0.606. The molecule has 1 unspecified atom stereocenters. The van der Waals surface area contributed by atoms with Crippen molar-refractivity contribution < 1.29 is 0 Å². The van der Waals surface area contributed by atoms with E-state index in [0.717, 1.165) is 6.42 Å². The predicted octanol–water partition coefficient (Wildman–Crippen LogP) is 6.90. The Morgan fingerprint density at radius 3 is 2.43 bits per heavy atom. The molecular weight excluding hydrogens is 320 g/mol. The number of alkyl halides is 1. The van der Waals surface area contributed by atoms with E-state index in [9.17, 15) is 0 Å². The molecular formula is C20H27Br. The molecule has 2 aromatic carbocycles. The molecule has 0 fully saturated rings. The second-order valence-corrected chi connectivity index (χ2v) is 7.29. The molecule has 0 radical (unpaired) electrons. The van der Waals surface area contributed by atoms with Crippen molar-refractivity contribution in [2.24, 2.45) is 0 Å². The van der Waals surface area contributed by atoms with Crippen LogP contribution in [-0.4, -0.2) is 4.83 Å². The molecule has 0 aliphatic carbocycles. The number of unbranched alkanes of at least 4 members (excludes halogenated alkanes) is 5. The van der Waals surface area contributed by atoms with Crippen molar-refractivity contribution in [1.29, 1.82) is 0 Å². The molecule has 2 rings (SSSR count). The molecule has 21 heavy (non-hydrogen) atoms. The molecule has 0 heterocycles. The van der Waals surface area contributed by atoms with Gasteiger partial charge in [-0.05, 0) is 29.2 Å².